The second kappa shape index (κ2) is 8.26. The lowest BCUT2D eigenvalue weighted by Crippen LogP contribution is -2.39. The lowest BCUT2D eigenvalue weighted by molar-refractivity contribution is -0.137. The molecule has 0 bridgehead atoms. The highest BCUT2D eigenvalue weighted by Gasteiger charge is 2.12. The summed E-state index contributed by atoms with van der Waals surface area (Å²) in [7, 11) is 0. The largest absolute Gasteiger partial charge is 0.481 e. The average Bonchev–Trinajstić information content (AvgIpc) is 2.38. The van der Waals surface area contributed by atoms with Crippen molar-refractivity contribution < 1.29 is 19.8 Å². The van der Waals surface area contributed by atoms with Gasteiger partial charge in [-0.15, -0.1) is 0 Å². The number of aliphatic hydroxyl groups excluding tert-OH is 1. The van der Waals surface area contributed by atoms with Crippen molar-refractivity contribution in [3.05, 3.63) is 35.9 Å². The molecule has 0 unspecified atom stereocenters. The van der Waals surface area contributed by atoms with Crippen molar-refractivity contribution in [2.75, 3.05) is 6.61 Å². The van der Waals surface area contributed by atoms with E-state index in [0.717, 1.165) is 5.56 Å². The molecule has 0 aromatic heterocycles. The van der Waals surface area contributed by atoms with Crippen LogP contribution in [0.15, 0.2) is 30.3 Å². The lowest BCUT2D eigenvalue weighted by atomic mass is 10.1. The SMILES string of the molecule is O=C(O)CCCC(=O)N[C@H](CO)Cc1ccccc1. The van der Waals surface area contributed by atoms with Crippen molar-refractivity contribution in [1.82, 2.24) is 5.32 Å². The molecule has 0 fully saturated rings. The molecule has 1 rings (SSSR count). The second-order valence-corrected chi connectivity index (χ2v) is 4.38. The summed E-state index contributed by atoms with van der Waals surface area (Å²) in [4.78, 5) is 21.9. The summed E-state index contributed by atoms with van der Waals surface area (Å²) >= 11 is 0. The lowest BCUT2D eigenvalue weighted by Gasteiger charge is -2.16. The van der Waals surface area contributed by atoms with E-state index in [1.807, 2.05) is 30.3 Å². The highest BCUT2D eigenvalue weighted by molar-refractivity contribution is 5.77. The van der Waals surface area contributed by atoms with E-state index in [1.165, 1.54) is 0 Å². The van der Waals surface area contributed by atoms with Crippen molar-refractivity contribution in [3.8, 4) is 0 Å². The van der Waals surface area contributed by atoms with E-state index in [1.54, 1.807) is 0 Å². The normalized spacial score (nSPS) is 11.8. The number of carboxylic acids is 1. The summed E-state index contributed by atoms with van der Waals surface area (Å²) in [6.45, 7) is -0.139. The van der Waals surface area contributed by atoms with Crippen LogP contribution >= 0.6 is 0 Å². The smallest absolute Gasteiger partial charge is 0.303 e. The van der Waals surface area contributed by atoms with E-state index in [2.05, 4.69) is 5.32 Å². The topological polar surface area (TPSA) is 86.6 Å². The van der Waals surface area contributed by atoms with Gasteiger partial charge in [0.1, 0.15) is 0 Å². The van der Waals surface area contributed by atoms with Gasteiger partial charge in [-0.3, -0.25) is 9.59 Å². The van der Waals surface area contributed by atoms with E-state index >= 15 is 0 Å². The molecule has 0 saturated heterocycles. The third-order valence-corrected chi connectivity index (χ3v) is 2.70. The molecule has 0 aliphatic carbocycles. The molecule has 1 atom stereocenters. The zero-order valence-electron chi connectivity index (χ0n) is 10.7. The molecule has 104 valence electrons. The fourth-order valence-electron chi connectivity index (χ4n) is 1.76. The molecule has 0 spiro atoms. The first-order valence-electron chi connectivity index (χ1n) is 6.27. The third-order valence-electron chi connectivity index (χ3n) is 2.70. The fraction of sp³-hybridized carbons (Fsp3) is 0.429. The van der Waals surface area contributed by atoms with Gasteiger partial charge in [0.2, 0.25) is 5.91 Å². The zero-order valence-corrected chi connectivity index (χ0v) is 10.7. The average molecular weight is 265 g/mol. The highest BCUT2D eigenvalue weighted by atomic mass is 16.4. The van der Waals surface area contributed by atoms with E-state index in [4.69, 9.17) is 5.11 Å². The van der Waals surface area contributed by atoms with Crippen molar-refractivity contribution in [1.29, 1.82) is 0 Å². The van der Waals surface area contributed by atoms with Gasteiger partial charge in [-0.2, -0.15) is 0 Å². The van der Waals surface area contributed by atoms with Crippen LogP contribution < -0.4 is 5.32 Å². The van der Waals surface area contributed by atoms with Crippen LogP contribution in [-0.2, 0) is 16.0 Å². The van der Waals surface area contributed by atoms with Gasteiger partial charge < -0.3 is 15.5 Å². The van der Waals surface area contributed by atoms with Gasteiger partial charge in [-0.1, -0.05) is 30.3 Å². The number of carboxylic acid groups (broad SMARTS) is 1. The van der Waals surface area contributed by atoms with Crippen molar-refractivity contribution in [2.45, 2.75) is 31.7 Å². The Hall–Kier alpha value is -1.88. The number of hydrogen-bond donors (Lipinski definition) is 3. The first-order chi connectivity index (χ1) is 9.11. The van der Waals surface area contributed by atoms with Crippen LogP contribution in [0.1, 0.15) is 24.8 Å². The maximum atomic E-state index is 11.6. The molecular weight excluding hydrogens is 246 g/mol. The standard InChI is InChI=1S/C14H19NO4/c16-10-12(9-11-5-2-1-3-6-11)15-13(17)7-4-8-14(18)19/h1-3,5-6,12,16H,4,7-10H2,(H,15,17)(H,18,19)/t12-/m0/s1. The van der Waals surface area contributed by atoms with E-state index < -0.39 is 5.97 Å². The van der Waals surface area contributed by atoms with Crippen LogP contribution in [0.25, 0.3) is 0 Å². The molecule has 1 aromatic carbocycles. The molecule has 5 nitrogen and oxygen atoms in total. The minimum atomic E-state index is -0.907. The molecule has 0 aliphatic heterocycles. The minimum Gasteiger partial charge on any atom is -0.481 e. The van der Waals surface area contributed by atoms with Gasteiger partial charge in [0.05, 0.1) is 12.6 Å². The van der Waals surface area contributed by atoms with Gasteiger partial charge in [0.15, 0.2) is 0 Å². The molecule has 0 aliphatic rings. The molecule has 1 aromatic rings. The number of benzene rings is 1. The van der Waals surface area contributed by atoms with Gasteiger partial charge >= 0.3 is 5.97 Å². The predicted molar refractivity (Wildman–Crippen MR) is 70.6 cm³/mol. The van der Waals surface area contributed by atoms with Crippen molar-refractivity contribution in [3.63, 3.8) is 0 Å². The Morgan fingerprint density at radius 2 is 1.84 bits per heavy atom. The third kappa shape index (κ3) is 6.57. The summed E-state index contributed by atoms with van der Waals surface area (Å²) < 4.78 is 0. The number of aliphatic hydroxyl groups is 1. The number of aliphatic carboxylic acids is 1. The monoisotopic (exact) mass is 265 g/mol. The molecule has 19 heavy (non-hydrogen) atoms. The number of amides is 1. The number of nitrogens with one attached hydrogen (secondary N) is 1. The van der Waals surface area contributed by atoms with Crippen LogP contribution in [0, 0.1) is 0 Å². The molecular formula is C14H19NO4. The zero-order chi connectivity index (χ0) is 14.1. The highest BCUT2D eigenvalue weighted by Crippen LogP contribution is 2.04. The number of carbonyl (C=O) groups is 2. The summed E-state index contributed by atoms with van der Waals surface area (Å²) in [5.74, 6) is -1.13. The summed E-state index contributed by atoms with van der Waals surface area (Å²) in [6, 6.07) is 9.23. The summed E-state index contributed by atoms with van der Waals surface area (Å²) in [5.41, 5.74) is 1.03. The molecule has 1 amide bonds. The van der Waals surface area contributed by atoms with Gasteiger partial charge in [0.25, 0.3) is 0 Å². The molecule has 0 heterocycles. The van der Waals surface area contributed by atoms with Crippen molar-refractivity contribution >= 4 is 11.9 Å². The number of rotatable bonds is 8. The number of carbonyl (C=O) groups excluding carboxylic acids is 1. The first-order valence-corrected chi connectivity index (χ1v) is 6.27. The maximum absolute atomic E-state index is 11.6. The Morgan fingerprint density at radius 3 is 2.42 bits per heavy atom. The maximum Gasteiger partial charge on any atom is 0.303 e. The van der Waals surface area contributed by atoms with Crippen LogP contribution in [0.5, 0.6) is 0 Å². The minimum absolute atomic E-state index is 0.0180. The second-order valence-electron chi connectivity index (χ2n) is 4.38. The van der Waals surface area contributed by atoms with Crippen LogP contribution in [0.4, 0.5) is 0 Å². The molecule has 0 radical (unpaired) electrons. The van der Waals surface area contributed by atoms with Gasteiger partial charge in [-0.25, -0.2) is 0 Å². The Labute approximate surface area is 112 Å². The predicted octanol–water partition coefficient (Wildman–Crippen LogP) is 0.961. The van der Waals surface area contributed by atoms with E-state index in [9.17, 15) is 14.7 Å². The Morgan fingerprint density at radius 1 is 1.16 bits per heavy atom. The van der Waals surface area contributed by atoms with Crippen LogP contribution in [0.2, 0.25) is 0 Å². The molecule has 0 saturated carbocycles. The summed E-state index contributed by atoms with van der Waals surface area (Å²) in [6.07, 6.45) is 1.01. The van der Waals surface area contributed by atoms with Crippen LogP contribution in [-0.4, -0.2) is 34.7 Å². The Balaban J connectivity index is 2.35. The van der Waals surface area contributed by atoms with Crippen LogP contribution in [0.3, 0.4) is 0 Å². The van der Waals surface area contributed by atoms with E-state index in [0.29, 0.717) is 12.8 Å². The van der Waals surface area contributed by atoms with E-state index in [-0.39, 0.29) is 31.4 Å². The van der Waals surface area contributed by atoms with Gasteiger partial charge in [-0.05, 0) is 18.4 Å². The quantitative estimate of drug-likeness (QED) is 0.653. The molecule has 3 N–H and O–H groups in total. The van der Waals surface area contributed by atoms with Crippen molar-refractivity contribution in [2.24, 2.45) is 0 Å². The molecule has 5 heteroatoms. The fourth-order valence-corrected chi connectivity index (χ4v) is 1.76. The Bertz CT molecular complexity index is 405. The Kier molecular flexibility index (Phi) is 6.60. The first kappa shape index (κ1) is 15.2. The summed E-state index contributed by atoms with van der Waals surface area (Å²) in [5, 5.41) is 20.4. The number of hydrogen-bond acceptors (Lipinski definition) is 3. The van der Waals surface area contributed by atoms with Gasteiger partial charge in [0, 0.05) is 12.8 Å².